The van der Waals surface area contributed by atoms with Crippen LogP contribution in [0.1, 0.15) is 28.7 Å². The molecule has 1 aromatic rings. The van der Waals surface area contributed by atoms with Crippen molar-refractivity contribution in [1.82, 2.24) is 4.90 Å². The van der Waals surface area contributed by atoms with Gasteiger partial charge in [0.2, 0.25) is 0 Å². The Morgan fingerprint density at radius 3 is 2.33 bits per heavy atom. The van der Waals surface area contributed by atoms with Crippen molar-refractivity contribution in [1.29, 1.82) is 5.26 Å². The van der Waals surface area contributed by atoms with E-state index in [0.717, 1.165) is 6.54 Å². The van der Waals surface area contributed by atoms with Crippen molar-refractivity contribution in [2.45, 2.75) is 33.7 Å². The number of nitrogens with zero attached hydrogens (tertiary/aromatic N) is 2. The monoisotopic (exact) mass is 244 g/mol. The minimum atomic E-state index is -0.0255. The van der Waals surface area contributed by atoms with E-state index in [9.17, 15) is 4.79 Å². The molecular formula is C15H20N2O. The zero-order chi connectivity index (χ0) is 13.7. The average molecular weight is 244 g/mol. The number of nitriles is 1. The summed E-state index contributed by atoms with van der Waals surface area (Å²) in [6.45, 7) is 7.36. The van der Waals surface area contributed by atoms with Crippen molar-refractivity contribution in [3.05, 3.63) is 34.4 Å². The molecule has 0 aliphatic rings. The lowest BCUT2D eigenvalue weighted by Gasteiger charge is -2.19. The van der Waals surface area contributed by atoms with Crippen LogP contribution in [-0.4, -0.2) is 24.3 Å². The maximum absolute atomic E-state index is 11.4. The number of Topliss-reactive ketones (excluding diaryl/α,β-unsaturated/α-hetero) is 1. The molecule has 0 amide bonds. The van der Waals surface area contributed by atoms with Crippen molar-refractivity contribution >= 4 is 5.78 Å². The summed E-state index contributed by atoms with van der Waals surface area (Å²) in [6, 6.07) is 6.21. The van der Waals surface area contributed by atoms with Gasteiger partial charge in [-0.15, -0.1) is 0 Å². The molecule has 1 rings (SSSR count). The van der Waals surface area contributed by atoms with Gasteiger partial charge in [0.1, 0.15) is 0 Å². The van der Waals surface area contributed by atoms with Crippen LogP contribution in [-0.2, 0) is 11.3 Å². The first-order valence-corrected chi connectivity index (χ1v) is 6.08. The molecule has 1 aromatic carbocycles. The maximum atomic E-state index is 11.4. The van der Waals surface area contributed by atoms with Gasteiger partial charge in [0.05, 0.1) is 19.0 Å². The van der Waals surface area contributed by atoms with E-state index in [2.05, 4.69) is 32.9 Å². The lowest BCUT2D eigenvalue weighted by Crippen LogP contribution is -2.26. The summed E-state index contributed by atoms with van der Waals surface area (Å²) in [5.41, 5.74) is 5.05. The van der Waals surface area contributed by atoms with Crippen LogP contribution in [0, 0.1) is 32.1 Å². The maximum Gasteiger partial charge on any atom is 0.160 e. The molecule has 0 bridgehead atoms. The second-order valence-electron chi connectivity index (χ2n) is 4.92. The highest BCUT2D eigenvalue weighted by Crippen LogP contribution is 2.17. The normalized spacial score (nSPS) is 10.4. The second-order valence-corrected chi connectivity index (χ2v) is 4.92. The van der Waals surface area contributed by atoms with Gasteiger partial charge in [0, 0.05) is 6.54 Å². The van der Waals surface area contributed by atoms with Crippen molar-refractivity contribution in [2.75, 3.05) is 13.6 Å². The Kier molecular flexibility index (Phi) is 5.06. The first kappa shape index (κ1) is 14.4. The Hall–Kier alpha value is -1.66. The van der Waals surface area contributed by atoms with Crippen LogP contribution >= 0.6 is 0 Å². The summed E-state index contributed by atoms with van der Waals surface area (Å²) < 4.78 is 0. The molecule has 0 radical (unpaired) electrons. The molecule has 18 heavy (non-hydrogen) atoms. The van der Waals surface area contributed by atoms with E-state index >= 15 is 0 Å². The Morgan fingerprint density at radius 2 is 1.83 bits per heavy atom. The van der Waals surface area contributed by atoms with Crippen LogP contribution in [0.25, 0.3) is 0 Å². The van der Waals surface area contributed by atoms with E-state index < -0.39 is 0 Å². The van der Waals surface area contributed by atoms with Crippen molar-refractivity contribution in [3.63, 3.8) is 0 Å². The number of benzene rings is 1. The van der Waals surface area contributed by atoms with Crippen LogP contribution < -0.4 is 0 Å². The molecule has 0 aromatic heterocycles. The predicted molar refractivity (Wildman–Crippen MR) is 72.2 cm³/mol. The predicted octanol–water partition coefficient (Wildman–Crippen LogP) is 2.53. The zero-order valence-corrected chi connectivity index (χ0v) is 11.6. The molecular weight excluding hydrogens is 224 g/mol. The van der Waals surface area contributed by atoms with Gasteiger partial charge in [0.25, 0.3) is 0 Å². The summed E-state index contributed by atoms with van der Waals surface area (Å²) in [5.74, 6) is -0.0255. The van der Waals surface area contributed by atoms with E-state index in [1.165, 1.54) is 22.3 Å². The number of carbonyl (C=O) groups excluding carboxylic acids is 1. The molecule has 96 valence electrons. The molecule has 0 saturated carbocycles. The molecule has 0 aliphatic heterocycles. The number of ketones is 1. The fraction of sp³-hybridized carbons (Fsp3) is 0.467. The zero-order valence-electron chi connectivity index (χ0n) is 11.6. The Balaban J connectivity index is 2.74. The largest absolute Gasteiger partial charge is 0.297 e. The lowest BCUT2D eigenvalue weighted by molar-refractivity contribution is -0.119. The molecule has 0 spiro atoms. The summed E-state index contributed by atoms with van der Waals surface area (Å²) in [7, 11) is 1.91. The molecule has 0 atom stereocenters. The summed E-state index contributed by atoms with van der Waals surface area (Å²) in [5, 5.41) is 8.47. The molecule has 3 nitrogen and oxygen atoms in total. The van der Waals surface area contributed by atoms with E-state index in [0.29, 0.717) is 6.54 Å². The van der Waals surface area contributed by atoms with E-state index in [-0.39, 0.29) is 12.2 Å². The van der Waals surface area contributed by atoms with Gasteiger partial charge in [-0.1, -0.05) is 17.7 Å². The number of hydrogen-bond donors (Lipinski definition) is 0. The number of rotatable bonds is 5. The highest BCUT2D eigenvalue weighted by Gasteiger charge is 2.10. The van der Waals surface area contributed by atoms with Gasteiger partial charge >= 0.3 is 0 Å². The third-order valence-electron chi connectivity index (χ3n) is 2.99. The first-order valence-electron chi connectivity index (χ1n) is 6.08. The van der Waals surface area contributed by atoms with Gasteiger partial charge in [-0.3, -0.25) is 9.69 Å². The van der Waals surface area contributed by atoms with Gasteiger partial charge in [-0.2, -0.15) is 5.26 Å². The van der Waals surface area contributed by atoms with Crippen LogP contribution in [0.2, 0.25) is 0 Å². The third-order valence-corrected chi connectivity index (χ3v) is 2.99. The van der Waals surface area contributed by atoms with Crippen LogP contribution in [0.5, 0.6) is 0 Å². The fourth-order valence-corrected chi connectivity index (χ4v) is 2.23. The number of aryl methyl sites for hydroxylation is 3. The summed E-state index contributed by atoms with van der Waals surface area (Å²) >= 11 is 0. The average Bonchev–Trinajstić information content (AvgIpc) is 2.23. The van der Waals surface area contributed by atoms with Crippen LogP contribution in [0.3, 0.4) is 0 Å². The Bertz CT molecular complexity index is 463. The van der Waals surface area contributed by atoms with E-state index in [1.807, 2.05) is 18.0 Å². The number of likely N-dealkylation sites (N-methyl/N-ethyl adjacent to an activating group) is 1. The van der Waals surface area contributed by atoms with Crippen molar-refractivity contribution < 1.29 is 4.79 Å². The lowest BCUT2D eigenvalue weighted by atomic mass is 9.99. The van der Waals surface area contributed by atoms with Gasteiger partial charge < -0.3 is 0 Å². The molecule has 3 heteroatoms. The fourth-order valence-electron chi connectivity index (χ4n) is 2.23. The summed E-state index contributed by atoms with van der Waals surface area (Å²) in [6.07, 6.45) is -0.00377. The van der Waals surface area contributed by atoms with Crippen LogP contribution in [0.4, 0.5) is 0 Å². The molecule has 0 unspecified atom stereocenters. The highest BCUT2D eigenvalue weighted by atomic mass is 16.1. The standard InChI is InChI=1S/C15H20N2O/c1-11-7-12(2)15(13(3)8-11)10-17(4)9-14(18)5-6-16/h7-8H,5,9-10H2,1-4H3. The number of hydrogen-bond acceptors (Lipinski definition) is 3. The Labute approximate surface area is 109 Å². The van der Waals surface area contributed by atoms with Crippen LogP contribution in [0.15, 0.2) is 12.1 Å². The molecule has 0 saturated heterocycles. The molecule has 0 fully saturated rings. The molecule has 0 aliphatic carbocycles. The van der Waals surface area contributed by atoms with Gasteiger partial charge in [-0.25, -0.2) is 0 Å². The van der Waals surface area contributed by atoms with E-state index in [1.54, 1.807) is 0 Å². The summed E-state index contributed by atoms with van der Waals surface area (Å²) in [4.78, 5) is 13.4. The van der Waals surface area contributed by atoms with Gasteiger partial charge in [-0.05, 0) is 44.5 Å². The quantitative estimate of drug-likeness (QED) is 0.799. The van der Waals surface area contributed by atoms with Crippen molar-refractivity contribution in [3.8, 4) is 6.07 Å². The molecule has 0 heterocycles. The third kappa shape index (κ3) is 3.97. The topological polar surface area (TPSA) is 44.1 Å². The van der Waals surface area contributed by atoms with Gasteiger partial charge in [0.15, 0.2) is 5.78 Å². The second kappa shape index (κ2) is 6.32. The number of carbonyl (C=O) groups is 1. The highest BCUT2D eigenvalue weighted by molar-refractivity contribution is 5.82. The minimum Gasteiger partial charge on any atom is -0.297 e. The minimum absolute atomic E-state index is 0.00377. The first-order chi connectivity index (χ1) is 8.43. The smallest absolute Gasteiger partial charge is 0.160 e. The Morgan fingerprint density at radius 1 is 1.28 bits per heavy atom. The molecule has 0 N–H and O–H groups in total. The SMILES string of the molecule is Cc1cc(C)c(CN(C)CC(=O)CC#N)c(C)c1. The van der Waals surface area contributed by atoms with Crippen molar-refractivity contribution in [2.24, 2.45) is 0 Å². The van der Waals surface area contributed by atoms with E-state index in [4.69, 9.17) is 5.26 Å².